The molecule has 0 spiro atoms. The smallest absolute Gasteiger partial charge is 0.223 e. The number of carbonyl (C=O) groups excluding carboxylic acids is 1. The van der Waals surface area contributed by atoms with Gasteiger partial charge in [-0.1, -0.05) is 23.8 Å². The zero-order valence-electron chi connectivity index (χ0n) is 15.0. The number of carbonyl (C=O) groups is 1. The van der Waals surface area contributed by atoms with Crippen LogP contribution in [-0.2, 0) is 14.8 Å². The molecule has 1 fully saturated rings. The molecule has 0 radical (unpaired) electrons. The highest BCUT2D eigenvalue weighted by Gasteiger charge is 2.30. The Labute approximate surface area is 145 Å². The van der Waals surface area contributed by atoms with E-state index in [1.807, 2.05) is 6.92 Å². The van der Waals surface area contributed by atoms with Crippen LogP contribution in [0.4, 0.5) is 0 Å². The van der Waals surface area contributed by atoms with Crippen LogP contribution in [0.2, 0.25) is 0 Å². The summed E-state index contributed by atoms with van der Waals surface area (Å²) in [4.78, 5) is 12.5. The van der Waals surface area contributed by atoms with Gasteiger partial charge in [0.25, 0.3) is 0 Å². The van der Waals surface area contributed by atoms with E-state index in [-0.39, 0.29) is 23.6 Å². The lowest BCUT2D eigenvalue weighted by Crippen LogP contribution is -2.43. The van der Waals surface area contributed by atoms with Crippen LogP contribution in [0.15, 0.2) is 18.2 Å². The molecule has 24 heavy (non-hydrogen) atoms. The summed E-state index contributed by atoms with van der Waals surface area (Å²) in [6, 6.07) is 6.19. The van der Waals surface area contributed by atoms with E-state index in [4.69, 9.17) is 0 Å². The number of sulfonamides is 1. The molecule has 134 valence electrons. The van der Waals surface area contributed by atoms with Gasteiger partial charge in [0.2, 0.25) is 15.9 Å². The standard InChI is InChI=1S/C18H28N2O3S/c1-5-24(22,23)20-10-8-16(9-11-20)18(21)19-15(4)17-7-6-13(2)12-14(17)3/h6-7,12,15-16H,5,8-11H2,1-4H3,(H,19,21)/t15-/m0/s1. The number of piperidine rings is 1. The maximum Gasteiger partial charge on any atom is 0.223 e. The molecule has 1 heterocycles. The Morgan fingerprint density at radius 3 is 2.46 bits per heavy atom. The first kappa shape index (κ1) is 18.9. The lowest BCUT2D eigenvalue weighted by Gasteiger charge is -2.31. The van der Waals surface area contributed by atoms with Gasteiger partial charge in [0, 0.05) is 19.0 Å². The Morgan fingerprint density at radius 2 is 1.92 bits per heavy atom. The molecule has 6 heteroatoms. The fourth-order valence-corrected chi connectivity index (χ4v) is 4.43. The predicted octanol–water partition coefficient (Wildman–Crippen LogP) is 2.54. The number of nitrogens with zero attached hydrogens (tertiary/aromatic N) is 1. The normalized spacial score (nSPS) is 18.3. The lowest BCUT2D eigenvalue weighted by atomic mass is 9.95. The molecule has 0 saturated carbocycles. The van der Waals surface area contributed by atoms with E-state index >= 15 is 0 Å². The SMILES string of the molecule is CCS(=O)(=O)N1CCC(C(=O)N[C@@H](C)c2ccc(C)cc2C)CC1. The van der Waals surface area contributed by atoms with E-state index < -0.39 is 10.0 Å². The zero-order chi connectivity index (χ0) is 17.9. The summed E-state index contributed by atoms with van der Waals surface area (Å²) in [5, 5.41) is 3.09. The second-order valence-corrected chi connectivity index (χ2v) is 8.92. The molecule has 0 aliphatic carbocycles. The molecule has 2 rings (SSSR count). The fraction of sp³-hybridized carbons (Fsp3) is 0.611. The molecule has 1 amide bonds. The minimum Gasteiger partial charge on any atom is -0.349 e. The van der Waals surface area contributed by atoms with Gasteiger partial charge in [-0.15, -0.1) is 0 Å². The van der Waals surface area contributed by atoms with Crippen LogP contribution in [0.25, 0.3) is 0 Å². The van der Waals surface area contributed by atoms with Crippen LogP contribution < -0.4 is 5.32 Å². The molecule has 0 unspecified atom stereocenters. The Bertz CT molecular complexity index is 692. The summed E-state index contributed by atoms with van der Waals surface area (Å²) in [6.07, 6.45) is 1.18. The third kappa shape index (κ3) is 4.36. The van der Waals surface area contributed by atoms with Crippen LogP contribution in [0.1, 0.15) is 49.4 Å². The molecule has 1 N–H and O–H groups in total. The van der Waals surface area contributed by atoms with E-state index in [0.29, 0.717) is 25.9 Å². The van der Waals surface area contributed by atoms with E-state index in [9.17, 15) is 13.2 Å². The van der Waals surface area contributed by atoms with Crippen molar-refractivity contribution in [2.45, 2.75) is 46.6 Å². The van der Waals surface area contributed by atoms with Crippen molar-refractivity contribution in [1.82, 2.24) is 9.62 Å². The van der Waals surface area contributed by atoms with E-state index in [0.717, 1.165) is 5.56 Å². The topological polar surface area (TPSA) is 66.5 Å². The zero-order valence-corrected chi connectivity index (χ0v) is 15.8. The van der Waals surface area contributed by atoms with Crippen LogP contribution in [0.5, 0.6) is 0 Å². The molecule has 5 nitrogen and oxygen atoms in total. The molecule has 1 aromatic rings. The number of hydrogen-bond donors (Lipinski definition) is 1. The van der Waals surface area contributed by atoms with Crippen molar-refractivity contribution >= 4 is 15.9 Å². The van der Waals surface area contributed by atoms with Crippen molar-refractivity contribution < 1.29 is 13.2 Å². The Morgan fingerprint density at radius 1 is 1.29 bits per heavy atom. The lowest BCUT2D eigenvalue weighted by molar-refractivity contribution is -0.126. The van der Waals surface area contributed by atoms with E-state index in [1.165, 1.54) is 15.4 Å². The Hall–Kier alpha value is -1.40. The number of nitrogens with one attached hydrogen (secondary N) is 1. The number of benzene rings is 1. The van der Waals surface area contributed by atoms with Crippen molar-refractivity contribution in [3.8, 4) is 0 Å². The largest absolute Gasteiger partial charge is 0.349 e. The van der Waals surface area contributed by atoms with Crippen LogP contribution in [0.3, 0.4) is 0 Å². The van der Waals surface area contributed by atoms with Gasteiger partial charge in [-0.2, -0.15) is 0 Å². The molecule has 0 bridgehead atoms. The highest BCUT2D eigenvalue weighted by atomic mass is 32.2. The van der Waals surface area contributed by atoms with Gasteiger partial charge in [-0.3, -0.25) is 4.79 Å². The first-order valence-electron chi connectivity index (χ1n) is 8.60. The van der Waals surface area contributed by atoms with Gasteiger partial charge in [0.15, 0.2) is 0 Å². The van der Waals surface area contributed by atoms with Crippen LogP contribution in [0, 0.1) is 19.8 Å². The number of aryl methyl sites for hydroxylation is 2. The average Bonchev–Trinajstić information content (AvgIpc) is 2.54. The van der Waals surface area contributed by atoms with Gasteiger partial charge in [0.1, 0.15) is 0 Å². The van der Waals surface area contributed by atoms with Crippen LogP contribution in [-0.4, -0.2) is 37.5 Å². The molecular formula is C18H28N2O3S. The van der Waals surface area contributed by atoms with Gasteiger partial charge < -0.3 is 5.32 Å². The fourth-order valence-electron chi connectivity index (χ4n) is 3.30. The van der Waals surface area contributed by atoms with Crippen molar-refractivity contribution in [2.75, 3.05) is 18.8 Å². The minimum atomic E-state index is -3.14. The average molecular weight is 353 g/mol. The third-order valence-corrected chi connectivity index (χ3v) is 6.72. The molecule has 0 aromatic heterocycles. The molecule has 1 aliphatic heterocycles. The Kier molecular flexibility index (Phi) is 6.04. The summed E-state index contributed by atoms with van der Waals surface area (Å²) >= 11 is 0. The minimum absolute atomic E-state index is 0.0241. The molecule has 1 aliphatic rings. The molecule has 1 saturated heterocycles. The number of rotatable bonds is 5. The first-order chi connectivity index (χ1) is 11.2. The highest BCUT2D eigenvalue weighted by Crippen LogP contribution is 2.23. The summed E-state index contributed by atoms with van der Waals surface area (Å²) < 4.78 is 25.3. The van der Waals surface area contributed by atoms with Gasteiger partial charge >= 0.3 is 0 Å². The first-order valence-corrected chi connectivity index (χ1v) is 10.2. The second-order valence-electron chi connectivity index (χ2n) is 6.66. The summed E-state index contributed by atoms with van der Waals surface area (Å²) in [5.74, 6) is 0.0330. The number of hydrogen-bond acceptors (Lipinski definition) is 3. The van der Waals surface area contributed by atoms with Crippen molar-refractivity contribution in [1.29, 1.82) is 0 Å². The van der Waals surface area contributed by atoms with Crippen LogP contribution >= 0.6 is 0 Å². The summed E-state index contributed by atoms with van der Waals surface area (Å²) in [5.41, 5.74) is 3.51. The molecule has 1 atom stereocenters. The van der Waals surface area contributed by atoms with Gasteiger partial charge in [-0.05, 0) is 51.7 Å². The maximum atomic E-state index is 12.5. The third-order valence-electron chi connectivity index (χ3n) is 4.83. The summed E-state index contributed by atoms with van der Waals surface area (Å²) in [6.45, 7) is 8.63. The second kappa shape index (κ2) is 7.66. The Balaban J connectivity index is 1.94. The molecule has 1 aromatic carbocycles. The van der Waals surface area contributed by atoms with E-state index in [1.54, 1.807) is 6.92 Å². The van der Waals surface area contributed by atoms with Crippen molar-refractivity contribution in [3.63, 3.8) is 0 Å². The summed E-state index contributed by atoms with van der Waals surface area (Å²) in [7, 11) is -3.14. The predicted molar refractivity (Wildman–Crippen MR) is 96.2 cm³/mol. The highest BCUT2D eigenvalue weighted by molar-refractivity contribution is 7.89. The monoisotopic (exact) mass is 352 g/mol. The van der Waals surface area contributed by atoms with Gasteiger partial charge in [0.05, 0.1) is 11.8 Å². The van der Waals surface area contributed by atoms with Crippen molar-refractivity contribution in [3.05, 3.63) is 34.9 Å². The number of amides is 1. The quantitative estimate of drug-likeness (QED) is 0.885. The van der Waals surface area contributed by atoms with Gasteiger partial charge in [-0.25, -0.2) is 12.7 Å². The maximum absolute atomic E-state index is 12.5. The van der Waals surface area contributed by atoms with Crippen molar-refractivity contribution in [2.24, 2.45) is 5.92 Å². The molecular weight excluding hydrogens is 324 g/mol. The van der Waals surface area contributed by atoms with E-state index in [2.05, 4.69) is 37.4 Å².